The average Bonchev–Trinajstić information content (AvgIpc) is 2.84. The predicted molar refractivity (Wildman–Crippen MR) is 98.1 cm³/mol. The third-order valence-corrected chi connectivity index (χ3v) is 5.30. The molecular weight excluding hydrogens is 338 g/mol. The van der Waals surface area contributed by atoms with Crippen molar-refractivity contribution in [3.05, 3.63) is 53.6 Å². The number of nitrogens with two attached hydrogens (primary N) is 1. The highest BCUT2D eigenvalue weighted by atomic mass is 32.2. The van der Waals surface area contributed by atoms with Crippen LogP contribution >= 0.6 is 0 Å². The maximum Gasteiger partial charge on any atom is 0.243 e. The average molecular weight is 359 g/mol. The van der Waals surface area contributed by atoms with Gasteiger partial charge in [0.1, 0.15) is 0 Å². The number of amides is 1. The van der Waals surface area contributed by atoms with Crippen LogP contribution in [0.2, 0.25) is 0 Å². The molecule has 1 atom stereocenters. The van der Waals surface area contributed by atoms with Crippen LogP contribution in [0.15, 0.2) is 47.4 Å². The first-order valence-corrected chi connectivity index (χ1v) is 9.57. The fraction of sp³-hybridized carbons (Fsp3) is 0.278. The zero-order valence-electron chi connectivity index (χ0n) is 14.2. The lowest BCUT2D eigenvalue weighted by Gasteiger charge is -2.24. The molecule has 6 nitrogen and oxygen atoms in total. The number of nitrogens with one attached hydrogen (secondary N) is 1. The smallest absolute Gasteiger partial charge is 0.243 e. The Morgan fingerprint density at radius 3 is 2.56 bits per heavy atom. The number of aryl methyl sites for hydroxylation is 1. The molecule has 1 heterocycles. The van der Waals surface area contributed by atoms with Gasteiger partial charge in [0.2, 0.25) is 15.9 Å². The summed E-state index contributed by atoms with van der Waals surface area (Å²) in [6.45, 7) is 4.21. The Bertz CT molecular complexity index is 908. The molecule has 1 unspecified atom stereocenters. The van der Waals surface area contributed by atoms with Crippen molar-refractivity contribution in [2.24, 2.45) is 5.14 Å². The van der Waals surface area contributed by atoms with Crippen molar-refractivity contribution in [1.82, 2.24) is 0 Å². The summed E-state index contributed by atoms with van der Waals surface area (Å²) in [4.78, 5) is 14.4. The van der Waals surface area contributed by atoms with E-state index in [1.807, 2.05) is 43.0 Å². The lowest BCUT2D eigenvalue weighted by molar-refractivity contribution is -0.115. The zero-order chi connectivity index (χ0) is 18.2. The van der Waals surface area contributed by atoms with Crippen LogP contribution in [0.3, 0.4) is 0 Å². The molecule has 1 amide bonds. The summed E-state index contributed by atoms with van der Waals surface area (Å²) in [7, 11) is -3.72. The minimum absolute atomic E-state index is 0.101. The fourth-order valence-corrected chi connectivity index (χ4v) is 3.65. The molecule has 3 N–H and O–H groups in total. The molecule has 0 saturated heterocycles. The van der Waals surface area contributed by atoms with E-state index in [0.717, 1.165) is 22.5 Å². The Kier molecular flexibility index (Phi) is 4.53. The number of nitrogens with zero attached hydrogens (tertiary/aromatic N) is 1. The highest BCUT2D eigenvalue weighted by Crippen LogP contribution is 2.33. The van der Waals surface area contributed by atoms with Gasteiger partial charge in [-0.05, 0) is 56.2 Å². The van der Waals surface area contributed by atoms with E-state index in [9.17, 15) is 13.2 Å². The Morgan fingerprint density at radius 2 is 1.92 bits per heavy atom. The van der Waals surface area contributed by atoms with E-state index in [4.69, 9.17) is 5.14 Å². The zero-order valence-corrected chi connectivity index (χ0v) is 15.0. The maximum atomic E-state index is 12.4. The van der Waals surface area contributed by atoms with Crippen molar-refractivity contribution in [2.75, 3.05) is 16.8 Å². The van der Waals surface area contributed by atoms with Crippen LogP contribution in [-0.2, 0) is 21.2 Å². The molecule has 3 rings (SSSR count). The molecule has 0 spiro atoms. The number of hydrogen-bond donors (Lipinski definition) is 2. The second-order valence-electron chi connectivity index (χ2n) is 6.43. The number of benzene rings is 2. The van der Waals surface area contributed by atoms with Crippen LogP contribution in [0.5, 0.6) is 0 Å². The highest BCUT2D eigenvalue weighted by molar-refractivity contribution is 7.89. The molecule has 0 aromatic heterocycles. The molecule has 1 aliphatic heterocycles. The number of sulfonamides is 1. The molecule has 25 heavy (non-hydrogen) atoms. The SMILES string of the molecule is Cc1ccc(NC(=O)CN2c3ccc(S(N)(=O)=O)cc3CC2C)cc1. The lowest BCUT2D eigenvalue weighted by atomic mass is 10.1. The second kappa shape index (κ2) is 6.50. The topological polar surface area (TPSA) is 92.5 Å². The largest absolute Gasteiger partial charge is 0.359 e. The van der Waals surface area contributed by atoms with Crippen LogP contribution < -0.4 is 15.4 Å². The Labute approximate surface area is 147 Å². The Balaban J connectivity index is 1.76. The van der Waals surface area contributed by atoms with Crippen LogP contribution in [0.25, 0.3) is 0 Å². The molecule has 132 valence electrons. The summed E-state index contributed by atoms with van der Waals surface area (Å²) in [6.07, 6.45) is 0.677. The van der Waals surface area contributed by atoms with Gasteiger partial charge in [-0.3, -0.25) is 4.79 Å². The molecule has 0 aliphatic carbocycles. The lowest BCUT2D eigenvalue weighted by Crippen LogP contribution is -2.37. The van der Waals surface area contributed by atoms with Crippen molar-refractivity contribution >= 4 is 27.3 Å². The van der Waals surface area contributed by atoms with Crippen molar-refractivity contribution in [2.45, 2.75) is 31.2 Å². The van der Waals surface area contributed by atoms with Gasteiger partial charge < -0.3 is 10.2 Å². The normalized spacial score (nSPS) is 16.6. The van der Waals surface area contributed by atoms with Crippen LogP contribution in [0.1, 0.15) is 18.1 Å². The molecule has 1 aliphatic rings. The number of rotatable bonds is 4. The second-order valence-corrected chi connectivity index (χ2v) is 7.99. The Morgan fingerprint density at radius 1 is 1.24 bits per heavy atom. The molecule has 0 radical (unpaired) electrons. The molecule has 0 fully saturated rings. The minimum Gasteiger partial charge on any atom is -0.359 e. The molecule has 7 heteroatoms. The summed E-state index contributed by atoms with van der Waals surface area (Å²) in [5, 5.41) is 8.08. The molecule has 2 aromatic carbocycles. The first-order chi connectivity index (χ1) is 11.7. The number of primary sulfonamides is 1. The monoisotopic (exact) mass is 359 g/mol. The standard InChI is InChI=1S/C18H21N3O3S/c1-12-3-5-15(6-4-12)20-18(22)11-21-13(2)9-14-10-16(25(19,23)24)7-8-17(14)21/h3-8,10,13H,9,11H2,1-2H3,(H,20,22)(H2,19,23,24). The van der Waals surface area contributed by atoms with Gasteiger partial charge in [-0.15, -0.1) is 0 Å². The van der Waals surface area contributed by atoms with Crippen LogP contribution in [0.4, 0.5) is 11.4 Å². The van der Waals surface area contributed by atoms with Crippen LogP contribution in [0, 0.1) is 6.92 Å². The van der Waals surface area contributed by atoms with E-state index in [2.05, 4.69) is 5.32 Å². The summed E-state index contributed by atoms with van der Waals surface area (Å²) in [6, 6.07) is 12.5. The van der Waals surface area contributed by atoms with E-state index < -0.39 is 10.0 Å². The van der Waals surface area contributed by atoms with Crippen molar-refractivity contribution in [3.63, 3.8) is 0 Å². The molecule has 0 saturated carbocycles. The van der Waals surface area contributed by atoms with E-state index in [-0.39, 0.29) is 23.4 Å². The maximum absolute atomic E-state index is 12.4. The first-order valence-electron chi connectivity index (χ1n) is 8.03. The molecule has 0 bridgehead atoms. The molecule has 2 aromatic rings. The van der Waals surface area contributed by atoms with Gasteiger partial charge in [0.05, 0.1) is 11.4 Å². The summed E-state index contributed by atoms with van der Waals surface area (Å²) in [5.41, 5.74) is 3.65. The van der Waals surface area contributed by atoms with E-state index in [1.165, 1.54) is 6.07 Å². The highest BCUT2D eigenvalue weighted by Gasteiger charge is 2.28. The number of fused-ring (bicyclic) bond motifs is 1. The van der Waals surface area contributed by atoms with Crippen molar-refractivity contribution in [3.8, 4) is 0 Å². The van der Waals surface area contributed by atoms with E-state index >= 15 is 0 Å². The predicted octanol–water partition coefficient (Wildman–Crippen LogP) is 2.03. The summed E-state index contributed by atoms with van der Waals surface area (Å²) >= 11 is 0. The molecular formula is C18H21N3O3S. The van der Waals surface area contributed by atoms with Crippen molar-refractivity contribution in [1.29, 1.82) is 0 Å². The van der Waals surface area contributed by atoms with Gasteiger partial charge in [0, 0.05) is 17.4 Å². The van der Waals surface area contributed by atoms with Gasteiger partial charge in [0.25, 0.3) is 0 Å². The number of carbonyl (C=O) groups is 1. The van der Waals surface area contributed by atoms with E-state index in [1.54, 1.807) is 12.1 Å². The van der Waals surface area contributed by atoms with E-state index in [0.29, 0.717) is 6.42 Å². The quantitative estimate of drug-likeness (QED) is 0.874. The summed E-state index contributed by atoms with van der Waals surface area (Å²) < 4.78 is 23.0. The fourth-order valence-electron chi connectivity index (χ4n) is 3.08. The van der Waals surface area contributed by atoms with Crippen molar-refractivity contribution < 1.29 is 13.2 Å². The van der Waals surface area contributed by atoms with Crippen LogP contribution in [-0.4, -0.2) is 26.9 Å². The van der Waals surface area contributed by atoms with Gasteiger partial charge in [-0.2, -0.15) is 0 Å². The third-order valence-electron chi connectivity index (χ3n) is 4.39. The summed E-state index contributed by atoms with van der Waals surface area (Å²) in [5.74, 6) is -0.112. The minimum atomic E-state index is -3.72. The van der Waals surface area contributed by atoms with Gasteiger partial charge in [0.15, 0.2) is 0 Å². The first kappa shape index (κ1) is 17.4. The third kappa shape index (κ3) is 3.83. The number of carbonyl (C=O) groups excluding carboxylic acids is 1. The number of hydrogen-bond acceptors (Lipinski definition) is 4. The number of anilines is 2. The van der Waals surface area contributed by atoms with Gasteiger partial charge in [-0.25, -0.2) is 13.6 Å². The van der Waals surface area contributed by atoms with Gasteiger partial charge >= 0.3 is 0 Å². The van der Waals surface area contributed by atoms with Gasteiger partial charge in [-0.1, -0.05) is 17.7 Å². The Hall–Kier alpha value is -2.38.